The van der Waals surface area contributed by atoms with Crippen molar-refractivity contribution in [3.63, 3.8) is 0 Å². The molecule has 1 unspecified atom stereocenters. The summed E-state index contributed by atoms with van der Waals surface area (Å²) in [7, 11) is 0. The van der Waals surface area contributed by atoms with Gasteiger partial charge in [-0.05, 0) is 51.3 Å². The fourth-order valence-electron chi connectivity index (χ4n) is 4.44. The first-order chi connectivity index (χ1) is 14.8. The van der Waals surface area contributed by atoms with Crippen molar-refractivity contribution in [2.75, 3.05) is 25.0 Å². The zero-order valence-electron chi connectivity index (χ0n) is 19.8. The van der Waals surface area contributed by atoms with Crippen molar-refractivity contribution in [1.29, 1.82) is 0 Å². The van der Waals surface area contributed by atoms with Gasteiger partial charge in [0.1, 0.15) is 6.61 Å². The van der Waals surface area contributed by atoms with Gasteiger partial charge in [0, 0.05) is 12.1 Å². The second-order valence-electron chi connectivity index (χ2n) is 8.34. The summed E-state index contributed by atoms with van der Waals surface area (Å²) >= 11 is 0. The van der Waals surface area contributed by atoms with E-state index in [4.69, 9.17) is 4.74 Å². The lowest BCUT2D eigenvalue weighted by Gasteiger charge is -2.41. The number of ether oxygens (including phenoxy) is 1. The minimum Gasteiger partial charge on any atom is -0.457 e. The van der Waals surface area contributed by atoms with Gasteiger partial charge in [0.25, 0.3) is 5.91 Å². The monoisotopic (exact) mass is 425 g/mol. The molecule has 0 aromatic heterocycles. The molecule has 0 saturated heterocycles. The smallest absolute Gasteiger partial charge is 0.362 e. The predicted octanol–water partition coefficient (Wildman–Crippen LogP) is 4.93. The maximum Gasteiger partial charge on any atom is 0.362 e. The van der Waals surface area contributed by atoms with Crippen molar-refractivity contribution in [2.24, 2.45) is 0 Å². The molecule has 2 aromatic carbocycles. The molecule has 2 aromatic rings. The predicted molar refractivity (Wildman–Crippen MR) is 126 cm³/mol. The molecular weight excluding hydrogens is 388 g/mol. The van der Waals surface area contributed by atoms with Gasteiger partial charge in [-0.25, -0.2) is 4.79 Å². The SMILES string of the molecule is CCC(C(=O)Nc1c(C)cc(C)cc1C)[N+](CC)(CC)CC(=O)OCc1ccccc1. The van der Waals surface area contributed by atoms with E-state index in [0.29, 0.717) is 24.0 Å². The highest BCUT2D eigenvalue weighted by Crippen LogP contribution is 2.25. The maximum atomic E-state index is 13.4. The summed E-state index contributed by atoms with van der Waals surface area (Å²) in [5.74, 6) is -0.321. The van der Waals surface area contributed by atoms with Crippen LogP contribution in [0.25, 0.3) is 0 Å². The number of amides is 1. The molecule has 0 spiro atoms. The number of carbonyl (C=O) groups excluding carboxylic acids is 2. The molecule has 0 fully saturated rings. The number of hydrogen-bond donors (Lipinski definition) is 1. The van der Waals surface area contributed by atoms with E-state index in [2.05, 4.69) is 24.4 Å². The number of carbonyl (C=O) groups is 2. The normalized spacial score (nSPS) is 12.3. The fourth-order valence-corrected chi connectivity index (χ4v) is 4.44. The van der Waals surface area contributed by atoms with E-state index in [1.807, 2.05) is 65.0 Å². The Labute approximate surface area is 187 Å². The molecule has 0 aliphatic carbocycles. The Kier molecular flexibility index (Phi) is 8.81. The summed E-state index contributed by atoms with van der Waals surface area (Å²) in [4.78, 5) is 26.1. The van der Waals surface area contributed by atoms with Crippen LogP contribution in [-0.2, 0) is 20.9 Å². The molecule has 1 atom stereocenters. The van der Waals surface area contributed by atoms with Crippen LogP contribution in [0.1, 0.15) is 49.4 Å². The number of nitrogens with one attached hydrogen (secondary N) is 1. The Morgan fingerprint density at radius 1 is 0.968 bits per heavy atom. The van der Waals surface area contributed by atoms with Gasteiger partial charge in [0.2, 0.25) is 0 Å². The Morgan fingerprint density at radius 3 is 2.06 bits per heavy atom. The summed E-state index contributed by atoms with van der Waals surface area (Å²) in [5, 5.41) is 3.16. The standard InChI is InChI=1S/C26H36N2O3/c1-7-23(26(30)27-25-20(5)15-19(4)16-21(25)6)28(8-2,9-3)17-24(29)31-18-22-13-11-10-12-14-22/h10-16,23H,7-9,17-18H2,1-6H3/p+1. The topological polar surface area (TPSA) is 55.4 Å². The van der Waals surface area contributed by atoms with Crippen LogP contribution >= 0.6 is 0 Å². The Bertz CT molecular complexity index is 866. The highest BCUT2D eigenvalue weighted by atomic mass is 16.5. The van der Waals surface area contributed by atoms with Gasteiger partial charge in [-0.3, -0.25) is 4.79 Å². The third kappa shape index (κ3) is 6.17. The molecule has 0 aliphatic heterocycles. The molecule has 2 rings (SSSR count). The van der Waals surface area contributed by atoms with Crippen LogP contribution in [0.5, 0.6) is 0 Å². The Balaban J connectivity index is 2.17. The first-order valence-electron chi connectivity index (χ1n) is 11.2. The van der Waals surface area contributed by atoms with Gasteiger partial charge < -0.3 is 14.5 Å². The molecule has 0 aliphatic rings. The average Bonchev–Trinajstić information content (AvgIpc) is 2.75. The number of esters is 1. The summed E-state index contributed by atoms with van der Waals surface area (Å²) < 4.78 is 5.92. The summed E-state index contributed by atoms with van der Waals surface area (Å²) in [6.07, 6.45) is 0.642. The maximum absolute atomic E-state index is 13.4. The summed E-state index contributed by atoms with van der Waals surface area (Å²) in [6, 6.07) is 13.5. The molecule has 31 heavy (non-hydrogen) atoms. The van der Waals surface area contributed by atoms with E-state index in [-0.39, 0.29) is 31.1 Å². The zero-order chi connectivity index (χ0) is 23.0. The van der Waals surface area contributed by atoms with Gasteiger partial charge in [-0.1, -0.05) is 55.0 Å². The molecule has 0 radical (unpaired) electrons. The van der Waals surface area contributed by atoms with E-state index in [1.54, 1.807) is 0 Å². The van der Waals surface area contributed by atoms with E-state index in [0.717, 1.165) is 22.4 Å². The molecule has 0 saturated carbocycles. The molecular formula is C26H37N2O3+. The van der Waals surface area contributed by atoms with E-state index in [9.17, 15) is 9.59 Å². The quantitative estimate of drug-likeness (QED) is 0.434. The number of anilines is 1. The van der Waals surface area contributed by atoms with Gasteiger partial charge in [-0.15, -0.1) is 0 Å². The lowest BCUT2D eigenvalue weighted by molar-refractivity contribution is -0.932. The number of benzene rings is 2. The number of quaternary nitrogens is 1. The molecule has 168 valence electrons. The number of hydrogen-bond acceptors (Lipinski definition) is 3. The Hall–Kier alpha value is -2.66. The van der Waals surface area contributed by atoms with Crippen molar-refractivity contribution in [2.45, 2.75) is 60.6 Å². The molecule has 5 heteroatoms. The van der Waals surface area contributed by atoms with E-state index in [1.165, 1.54) is 5.56 Å². The molecule has 0 heterocycles. The number of likely N-dealkylation sites (N-methyl/N-ethyl adjacent to an activating group) is 1. The van der Waals surface area contributed by atoms with E-state index >= 15 is 0 Å². The molecule has 1 amide bonds. The molecule has 0 bridgehead atoms. The lowest BCUT2D eigenvalue weighted by atomic mass is 10.0. The van der Waals surface area contributed by atoms with Crippen LogP contribution in [0.15, 0.2) is 42.5 Å². The third-order valence-electron chi connectivity index (χ3n) is 6.22. The van der Waals surface area contributed by atoms with Gasteiger partial charge >= 0.3 is 5.97 Å². The summed E-state index contributed by atoms with van der Waals surface area (Å²) in [6.45, 7) is 13.9. The van der Waals surface area contributed by atoms with Crippen molar-refractivity contribution in [3.8, 4) is 0 Å². The lowest BCUT2D eigenvalue weighted by Crippen LogP contribution is -2.61. The van der Waals surface area contributed by atoms with Crippen LogP contribution in [0, 0.1) is 20.8 Å². The van der Waals surface area contributed by atoms with Gasteiger partial charge in [0.15, 0.2) is 12.6 Å². The highest BCUT2D eigenvalue weighted by molar-refractivity contribution is 5.95. The van der Waals surface area contributed by atoms with Crippen molar-refractivity contribution >= 4 is 17.6 Å². The first kappa shape index (κ1) is 24.6. The van der Waals surface area contributed by atoms with Crippen molar-refractivity contribution in [1.82, 2.24) is 0 Å². The first-order valence-corrected chi connectivity index (χ1v) is 11.2. The molecule has 5 nitrogen and oxygen atoms in total. The zero-order valence-corrected chi connectivity index (χ0v) is 19.8. The second kappa shape index (κ2) is 11.1. The highest BCUT2D eigenvalue weighted by Gasteiger charge is 2.40. The van der Waals surface area contributed by atoms with Crippen molar-refractivity contribution in [3.05, 3.63) is 64.7 Å². The fraction of sp³-hybridized carbons (Fsp3) is 0.462. The van der Waals surface area contributed by atoms with Gasteiger partial charge in [-0.2, -0.15) is 0 Å². The average molecular weight is 426 g/mol. The number of aryl methyl sites for hydroxylation is 3. The van der Waals surface area contributed by atoms with Crippen LogP contribution in [0.2, 0.25) is 0 Å². The van der Waals surface area contributed by atoms with Crippen LogP contribution in [-0.4, -0.2) is 42.0 Å². The van der Waals surface area contributed by atoms with Crippen LogP contribution in [0.3, 0.4) is 0 Å². The minimum atomic E-state index is -0.334. The Morgan fingerprint density at radius 2 is 1.55 bits per heavy atom. The largest absolute Gasteiger partial charge is 0.457 e. The third-order valence-corrected chi connectivity index (χ3v) is 6.22. The van der Waals surface area contributed by atoms with Gasteiger partial charge in [0.05, 0.1) is 13.1 Å². The van der Waals surface area contributed by atoms with Crippen LogP contribution < -0.4 is 5.32 Å². The summed E-state index contributed by atoms with van der Waals surface area (Å²) in [5.41, 5.74) is 5.10. The van der Waals surface area contributed by atoms with Crippen LogP contribution in [0.4, 0.5) is 5.69 Å². The van der Waals surface area contributed by atoms with E-state index < -0.39 is 0 Å². The second-order valence-corrected chi connectivity index (χ2v) is 8.34. The number of nitrogens with zero attached hydrogens (tertiary/aromatic N) is 1. The molecule has 1 N–H and O–H groups in total. The van der Waals surface area contributed by atoms with Crippen molar-refractivity contribution < 1.29 is 18.8 Å². The number of rotatable bonds is 10. The minimum absolute atomic E-state index is 0.0443.